The molecule has 1 aliphatic carbocycles. The summed E-state index contributed by atoms with van der Waals surface area (Å²) in [7, 11) is 0. The van der Waals surface area contributed by atoms with Gasteiger partial charge in [-0.05, 0) is 48.3 Å². The Morgan fingerprint density at radius 2 is 1.86 bits per heavy atom. The third kappa shape index (κ3) is 3.79. The molecule has 0 aliphatic heterocycles. The highest BCUT2D eigenvalue weighted by Gasteiger charge is 2.32. The molecule has 1 nitrogen and oxygen atoms in total. The molecule has 0 bridgehead atoms. The van der Waals surface area contributed by atoms with Crippen LogP contribution in [0.3, 0.4) is 0 Å². The molecule has 0 amide bonds. The zero-order valence-electron chi connectivity index (χ0n) is 13.1. The molecule has 0 aromatic heterocycles. The Kier molecular flexibility index (Phi) is 4.50. The number of benzene rings is 1. The van der Waals surface area contributed by atoms with Gasteiger partial charge in [-0.15, -0.1) is 0 Å². The number of ketones is 1. The van der Waals surface area contributed by atoms with Crippen LogP contribution in [0, 0.1) is 11.3 Å². The Hall–Kier alpha value is -1.58. The predicted molar refractivity (Wildman–Crippen MR) is 80.7 cm³/mol. The van der Waals surface area contributed by atoms with Gasteiger partial charge in [0, 0.05) is 5.56 Å². The molecule has 0 fully saturated rings. The van der Waals surface area contributed by atoms with Crippen LogP contribution >= 0.6 is 0 Å². The second kappa shape index (κ2) is 5.90. The van der Waals surface area contributed by atoms with Crippen LogP contribution in [0.2, 0.25) is 0 Å². The lowest BCUT2D eigenvalue weighted by Gasteiger charge is -2.33. The fourth-order valence-electron chi connectivity index (χ4n) is 2.85. The highest BCUT2D eigenvalue weighted by atomic mass is 19.4. The van der Waals surface area contributed by atoms with E-state index in [2.05, 4.69) is 20.8 Å². The van der Waals surface area contributed by atoms with Crippen molar-refractivity contribution in [3.8, 4) is 0 Å². The average molecular weight is 310 g/mol. The minimum absolute atomic E-state index is 0.121. The molecule has 0 saturated carbocycles. The zero-order chi connectivity index (χ0) is 16.5. The van der Waals surface area contributed by atoms with E-state index in [0.717, 1.165) is 25.0 Å². The number of carbonyl (C=O) groups excluding carboxylic acids is 1. The summed E-state index contributed by atoms with van der Waals surface area (Å²) < 4.78 is 38.2. The summed E-state index contributed by atoms with van der Waals surface area (Å²) in [5, 5.41) is 0. The number of carbonyl (C=O) groups is 1. The van der Waals surface area contributed by atoms with Crippen molar-refractivity contribution in [3.05, 3.63) is 47.0 Å². The quantitative estimate of drug-likeness (QED) is 0.644. The van der Waals surface area contributed by atoms with Gasteiger partial charge in [-0.25, -0.2) is 0 Å². The molecule has 2 rings (SSSR count). The highest BCUT2D eigenvalue weighted by molar-refractivity contribution is 6.08. The Morgan fingerprint density at radius 3 is 2.36 bits per heavy atom. The van der Waals surface area contributed by atoms with E-state index in [9.17, 15) is 18.0 Å². The van der Waals surface area contributed by atoms with Crippen molar-refractivity contribution in [3.63, 3.8) is 0 Å². The van der Waals surface area contributed by atoms with Gasteiger partial charge >= 0.3 is 6.18 Å². The summed E-state index contributed by atoms with van der Waals surface area (Å²) in [6, 6.07) is 4.67. The average Bonchev–Trinajstić information content (AvgIpc) is 2.45. The maximum atomic E-state index is 12.7. The van der Waals surface area contributed by atoms with Crippen molar-refractivity contribution < 1.29 is 18.0 Å². The first-order valence-corrected chi connectivity index (χ1v) is 7.50. The van der Waals surface area contributed by atoms with Crippen LogP contribution in [0.5, 0.6) is 0 Å². The Morgan fingerprint density at radius 1 is 1.18 bits per heavy atom. The molecule has 1 aromatic carbocycles. The molecule has 1 aliphatic rings. The topological polar surface area (TPSA) is 17.1 Å². The van der Waals surface area contributed by atoms with Gasteiger partial charge in [0.05, 0.1) is 5.56 Å². The van der Waals surface area contributed by atoms with Crippen molar-refractivity contribution >= 4 is 5.78 Å². The molecule has 4 heteroatoms. The third-order valence-corrected chi connectivity index (χ3v) is 4.38. The molecule has 120 valence electrons. The van der Waals surface area contributed by atoms with Gasteiger partial charge in [0.1, 0.15) is 0 Å². The van der Waals surface area contributed by atoms with Gasteiger partial charge in [0.15, 0.2) is 5.78 Å². The minimum Gasteiger partial charge on any atom is -0.289 e. The first-order valence-electron chi connectivity index (χ1n) is 7.50. The van der Waals surface area contributed by atoms with Gasteiger partial charge in [0.25, 0.3) is 0 Å². The Bertz CT molecular complexity index is 591. The monoisotopic (exact) mass is 310 g/mol. The molecule has 1 unspecified atom stereocenters. The number of hydrogen-bond donors (Lipinski definition) is 0. The van der Waals surface area contributed by atoms with Gasteiger partial charge in [-0.1, -0.05) is 39.0 Å². The normalized spacial score (nSPS) is 19.7. The summed E-state index contributed by atoms with van der Waals surface area (Å²) in [6.45, 7) is 6.52. The SMILES string of the molecule is CC(C)(C)C1CC=C(C(=O)c2cccc(C(F)(F)F)c2)CC1. The third-order valence-electron chi connectivity index (χ3n) is 4.38. The minimum atomic E-state index is -4.42. The number of alkyl halides is 3. The van der Waals surface area contributed by atoms with E-state index in [1.165, 1.54) is 12.1 Å². The Balaban J connectivity index is 2.18. The molecular weight excluding hydrogens is 289 g/mol. The molecule has 0 saturated heterocycles. The van der Waals surface area contributed by atoms with Crippen molar-refractivity contribution in [1.29, 1.82) is 0 Å². The number of allylic oxidation sites excluding steroid dienone is 2. The van der Waals surface area contributed by atoms with Crippen LogP contribution in [0.15, 0.2) is 35.9 Å². The van der Waals surface area contributed by atoms with Crippen molar-refractivity contribution in [2.75, 3.05) is 0 Å². The predicted octanol–water partition coefficient (Wildman–Crippen LogP) is 5.66. The second-order valence-electron chi connectivity index (χ2n) is 6.97. The smallest absolute Gasteiger partial charge is 0.289 e. The lowest BCUT2D eigenvalue weighted by Crippen LogP contribution is -2.23. The van der Waals surface area contributed by atoms with Crippen molar-refractivity contribution in [2.45, 2.75) is 46.2 Å². The van der Waals surface area contributed by atoms with E-state index in [-0.39, 0.29) is 16.8 Å². The molecule has 1 atom stereocenters. The first kappa shape index (κ1) is 16.8. The molecule has 0 heterocycles. The molecule has 0 N–H and O–H groups in total. The van der Waals surface area contributed by atoms with Crippen LogP contribution in [-0.4, -0.2) is 5.78 Å². The number of Topliss-reactive ketones (excluding diaryl/α,β-unsaturated/α-hetero) is 1. The fraction of sp³-hybridized carbons (Fsp3) is 0.500. The summed E-state index contributed by atoms with van der Waals surface area (Å²) in [5.41, 5.74) is 0.166. The number of hydrogen-bond acceptors (Lipinski definition) is 1. The molecule has 22 heavy (non-hydrogen) atoms. The van der Waals surface area contributed by atoms with E-state index in [0.29, 0.717) is 17.9 Å². The number of rotatable bonds is 2. The van der Waals surface area contributed by atoms with Crippen LogP contribution in [-0.2, 0) is 6.18 Å². The fourth-order valence-corrected chi connectivity index (χ4v) is 2.85. The van der Waals surface area contributed by atoms with E-state index >= 15 is 0 Å². The number of halogens is 3. The van der Waals surface area contributed by atoms with Gasteiger partial charge in [0.2, 0.25) is 0 Å². The molecule has 0 radical (unpaired) electrons. The lowest BCUT2D eigenvalue weighted by molar-refractivity contribution is -0.137. The molecular formula is C18H21F3O. The van der Waals surface area contributed by atoms with Crippen LogP contribution in [0.25, 0.3) is 0 Å². The Labute approximate surface area is 129 Å². The summed E-state index contributed by atoms with van der Waals surface area (Å²) in [5.74, 6) is 0.226. The lowest BCUT2D eigenvalue weighted by atomic mass is 9.72. The van der Waals surface area contributed by atoms with Gasteiger partial charge in [-0.3, -0.25) is 4.79 Å². The molecule has 1 aromatic rings. The standard InChI is InChI=1S/C18H21F3O/c1-17(2,3)14-9-7-12(8-10-14)16(22)13-5-4-6-15(11-13)18(19,20)21/h4-7,11,14H,8-10H2,1-3H3. The highest BCUT2D eigenvalue weighted by Crippen LogP contribution is 2.38. The maximum absolute atomic E-state index is 12.7. The van der Waals surface area contributed by atoms with Crippen LogP contribution in [0.4, 0.5) is 13.2 Å². The zero-order valence-corrected chi connectivity index (χ0v) is 13.1. The van der Waals surface area contributed by atoms with E-state index in [1.807, 2.05) is 6.08 Å². The van der Waals surface area contributed by atoms with Gasteiger partial charge in [-0.2, -0.15) is 13.2 Å². The van der Waals surface area contributed by atoms with Crippen molar-refractivity contribution in [2.24, 2.45) is 11.3 Å². The van der Waals surface area contributed by atoms with E-state index in [4.69, 9.17) is 0 Å². The van der Waals surface area contributed by atoms with Gasteiger partial charge < -0.3 is 0 Å². The largest absolute Gasteiger partial charge is 0.416 e. The summed E-state index contributed by atoms with van der Waals surface area (Å²) in [4.78, 5) is 12.4. The van der Waals surface area contributed by atoms with E-state index in [1.54, 1.807) is 0 Å². The first-order chi connectivity index (χ1) is 10.1. The maximum Gasteiger partial charge on any atom is 0.416 e. The summed E-state index contributed by atoms with van der Waals surface area (Å²) in [6.07, 6.45) is -0.169. The van der Waals surface area contributed by atoms with Crippen LogP contribution < -0.4 is 0 Å². The van der Waals surface area contributed by atoms with Crippen LogP contribution in [0.1, 0.15) is 56.0 Å². The van der Waals surface area contributed by atoms with Crippen molar-refractivity contribution in [1.82, 2.24) is 0 Å². The second-order valence-corrected chi connectivity index (χ2v) is 6.97. The summed E-state index contributed by atoms with van der Waals surface area (Å²) >= 11 is 0. The molecule has 0 spiro atoms. The van der Waals surface area contributed by atoms with E-state index < -0.39 is 11.7 Å².